The summed E-state index contributed by atoms with van der Waals surface area (Å²) in [5.74, 6) is -1.22. The van der Waals surface area contributed by atoms with E-state index in [2.05, 4.69) is 5.32 Å². The fraction of sp³-hybridized carbons (Fsp3) is 0.200. The molecule has 22 heavy (non-hydrogen) atoms. The minimum absolute atomic E-state index is 0.148. The highest BCUT2D eigenvalue weighted by molar-refractivity contribution is 7.16. The number of hydrogen-bond acceptors (Lipinski definition) is 3. The lowest BCUT2D eigenvalue weighted by Gasteiger charge is -2.16. The molecule has 0 saturated carbocycles. The second-order valence-corrected chi connectivity index (χ2v) is 6.45. The Labute approximate surface area is 136 Å². The number of thiophene rings is 1. The molecule has 1 aromatic carbocycles. The molecule has 2 rings (SSSR count). The zero-order valence-corrected chi connectivity index (χ0v) is 13.4. The van der Waals surface area contributed by atoms with E-state index in [0.717, 1.165) is 10.9 Å². The summed E-state index contributed by atoms with van der Waals surface area (Å²) in [6.45, 7) is 0.275. The number of hydrogen-bond donors (Lipinski definition) is 1. The van der Waals surface area contributed by atoms with Crippen molar-refractivity contribution in [2.75, 3.05) is 13.6 Å². The van der Waals surface area contributed by atoms with Crippen LogP contribution in [0.1, 0.15) is 15.2 Å². The summed E-state index contributed by atoms with van der Waals surface area (Å²) in [5.41, 5.74) is 0.181. The van der Waals surface area contributed by atoms with Crippen LogP contribution in [0.5, 0.6) is 0 Å². The van der Waals surface area contributed by atoms with Gasteiger partial charge in [0.1, 0.15) is 5.82 Å². The number of amides is 2. The van der Waals surface area contributed by atoms with Gasteiger partial charge in [-0.05, 0) is 30.3 Å². The van der Waals surface area contributed by atoms with Gasteiger partial charge in [0.2, 0.25) is 5.91 Å². The van der Waals surface area contributed by atoms with Crippen molar-refractivity contribution in [3.05, 3.63) is 57.0 Å². The van der Waals surface area contributed by atoms with Gasteiger partial charge in [0.25, 0.3) is 5.91 Å². The Morgan fingerprint density at radius 2 is 2.09 bits per heavy atom. The maximum atomic E-state index is 13.0. The first-order valence-corrected chi connectivity index (χ1v) is 7.67. The maximum absolute atomic E-state index is 13.0. The third-order valence-electron chi connectivity index (χ3n) is 2.93. The summed E-state index contributed by atoms with van der Waals surface area (Å²) in [6.07, 6.45) is 0. The molecule has 116 valence electrons. The van der Waals surface area contributed by atoms with Crippen molar-refractivity contribution in [1.82, 2.24) is 10.2 Å². The molecule has 0 atom stereocenters. The number of rotatable bonds is 5. The quantitative estimate of drug-likeness (QED) is 0.909. The van der Waals surface area contributed by atoms with E-state index in [0.29, 0.717) is 10.9 Å². The van der Waals surface area contributed by atoms with Crippen molar-refractivity contribution in [2.45, 2.75) is 6.54 Å². The number of benzene rings is 1. The predicted molar refractivity (Wildman–Crippen MR) is 84.5 cm³/mol. The minimum Gasteiger partial charge on any atom is -0.343 e. The van der Waals surface area contributed by atoms with Gasteiger partial charge in [-0.15, -0.1) is 11.3 Å². The lowest BCUT2D eigenvalue weighted by molar-refractivity contribution is -0.129. The monoisotopic (exact) mass is 340 g/mol. The summed E-state index contributed by atoms with van der Waals surface area (Å²) in [5, 5.41) is 2.48. The number of nitrogens with one attached hydrogen (secondary N) is 1. The third-order valence-corrected chi connectivity index (χ3v) is 4.15. The van der Waals surface area contributed by atoms with Crippen LogP contribution in [0.4, 0.5) is 4.39 Å². The average molecular weight is 341 g/mol. The van der Waals surface area contributed by atoms with E-state index < -0.39 is 11.7 Å². The largest absolute Gasteiger partial charge is 0.343 e. The number of carbonyl (C=O) groups is 2. The fourth-order valence-corrected chi connectivity index (χ4v) is 2.92. The van der Waals surface area contributed by atoms with E-state index in [1.54, 1.807) is 13.1 Å². The van der Waals surface area contributed by atoms with Gasteiger partial charge in [-0.3, -0.25) is 9.59 Å². The Balaban J connectivity index is 1.85. The molecular formula is C15H14ClFN2O2S. The van der Waals surface area contributed by atoms with Crippen molar-refractivity contribution in [2.24, 2.45) is 0 Å². The van der Waals surface area contributed by atoms with E-state index >= 15 is 0 Å². The fourth-order valence-electron chi connectivity index (χ4n) is 1.78. The lowest BCUT2D eigenvalue weighted by atomic mass is 10.2. The summed E-state index contributed by atoms with van der Waals surface area (Å²) in [7, 11) is 1.64. The molecule has 0 saturated heterocycles. The molecule has 0 spiro atoms. The van der Waals surface area contributed by atoms with Crippen LogP contribution in [0.15, 0.2) is 36.4 Å². The highest BCUT2D eigenvalue weighted by atomic mass is 35.5. The van der Waals surface area contributed by atoms with Gasteiger partial charge in [0.15, 0.2) is 0 Å². The van der Waals surface area contributed by atoms with Crippen molar-refractivity contribution in [3.8, 4) is 0 Å². The highest BCUT2D eigenvalue weighted by Gasteiger charge is 2.13. The van der Waals surface area contributed by atoms with Crippen LogP contribution in [0.25, 0.3) is 0 Å². The maximum Gasteiger partial charge on any atom is 0.251 e. The Morgan fingerprint density at radius 1 is 1.32 bits per heavy atom. The van der Waals surface area contributed by atoms with Crippen molar-refractivity contribution < 1.29 is 14.0 Å². The lowest BCUT2D eigenvalue weighted by Crippen LogP contribution is -2.37. The van der Waals surface area contributed by atoms with Gasteiger partial charge in [0.05, 0.1) is 17.4 Å². The number of likely N-dealkylation sites (N-methyl/N-ethyl adjacent to an activating group) is 1. The molecule has 4 nitrogen and oxygen atoms in total. The Bertz CT molecular complexity index is 690. The Morgan fingerprint density at radius 3 is 2.73 bits per heavy atom. The SMILES string of the molecule is CN(Cc1ccc(Cl)s1)C(=O)CNC(=O)c1cccc(F)c1. The van der Waals surface area contributed by atoms with Gasteiger partial charge >= 0.3 is 0 Å². The van der Waals surface area contributed by atoms with Gasteiger partial charge in [0, 0.05) is 17.5 Å². The number of carbonyl (C=O) groups excluding carboxylic acids is 2. The molecule has 1 N–H and O–H groups in total. The van der Waals surface area contributed by atoms with Crippen molar-refractivity contribution in [3.63, 3.8) is 0 Å². The molecule has 2 aromatic rings. The van der Waals surface area contributed by atoms with Crippen LogP contribution in [0.2, 0.25) is 4.34 Å². The van der Waals surface area contributed by atoms with E-state index in [4.69, 9.17) is 11.6 Å². The van der Waals surface area contributed by atoms with Crippen LogP contribution in [0, 0.1) is 5.82 Å². The minimum atomic E-state index is -0.495. The molecule has 0 radical (unpaired) electrons. The smallest absolute Gasteiger partial charge is 0.251 e. The summed E-state index contributed by atoms with van der Waals surface area (Å²) in [6, 6.07) is 8.92. The molecule has 1 aromatic heterocycles. The van der Waals surface area contributed by atoms with Crippen LogP contribution >= 0.6 is 22.9 Å². The van der Waals surface area contributed by atoms with E-state index in [1.807, 2.05) is 6.07 Å². The van der Waals surface area contributed by atoms with E-state index in [1.165, 1.54) is 34.4 Å². The first-order chi connectivity index (χ1) is 10.5. The van der Waals surface area contributed by atoms with Gasteiger partial charge in [-0.2, -0.15) is 0 Å². The Hall–Kier alpha value is -1.92. The molecule has 0 unspecified atom stereocenters. The molecule has 0 aliphatic rings. The topological polar surface area (TPSA) is 49.4 Å². The van der Waals surface area contributed by atoms with Gasteiger partial charge in [-0.25, -0.2) is 4.39 Å². The first kappa shape index (κ1) is 16.5. The standard InChI is InChI=1S/C15H14ClFN2O2S/c1-19(9-12-5-6-13(16)22-12)14(20)8-18-15(21)10-3-2-4-11(17)7-10/h2-7H,8-9H2,1H3,(H,18,21). The number of halogens is 2. The first-order valence-electron chi connectivity index (χ1n) is 6.47. The number of nitrogens with zero attached hydrogens (tertiary/aromatic N) is 1. The molecule has 0 aliphatic heterocycles. The van der Waals surface area contributed by atoms with Crippen LogP contribution in [-0.2, 0) is 11.3 Å². The normalized spacial score (nSPS) is 10.3. The zero-order chi connectivity index (χ0) is 16.1. The van der Waals surface area contributed by atoms with Crippen LogP contribution in [-0.4, -0.2) is 30.3 Å². The van der Waals surface area contributed by atoms with Gasteiger partial charge in [-0.1, -0.05) is 17.7 Å². The van der Waals surface area contributed by atoms with Crippen LogP contribution in [0.3, 0.4) is 0 Å². The second kappa shape index (κ2) is 7.38. The van der Waals surface area contributed by atoms with Crippen LogP contribution < -0.4 is 5.32 Å². The molecule has 1 heterocycles. The van der Waals surface area contributed by atoms with Gasteiger partial charge < -0.3 is 10.2 Å². The zero-order valence-electron chi connectivity index (χ0n) is 11.8. The summed E-state index contributed by atoms with van der Waals surface area (Å²) in [4.78, 5) is 26.2. The van der Waals surface area contributed by atoms with E-state index in [-0.39, 0.29) is 18.0 Å². The summed E-state index contributed by atoms with van der Waals surface area (Å²) < 4.78 is 13.7. The molecule has 0 bridgehead atoms. The molecular weight excluding hydrogens is 327 g/mol. The predicted octanol–water partition coefficient (Wildman–Crippen LogP) is 2.93. The molecule has 2 amide bonds. The van der Waals surface area contributed by atoms with E-state index in [9.17, 15) is 14.0 Å². The summed E-state index contributed by atoms with van der Waals surface area (Å²) >= 11 is 7.23. The van der Waals surface area contributed by atoms with Crippen molar-refractivity contribution >= 4 is 34.8 Å². The Kier molecular flexibility index (Phi) is 5.51. The molecule has 0 fully saturated rings. The highest BCUT2D eigenvalue weighted by Crippen LogP contribution is 2.22. The second-order valence-electron chi connectivity index (χ2n) is 4.65. The average Bonchev–Trinajstić information content (AvgIpc) is 2.89. The van der Waals surface area contributed by atoms with Crippen molar-refractivity contribution in [1.29, 1.82) is 0 Å². The third kappa shape index (κ3) is 4.54. The molecule has 7 heteroatoms. The molecule has 0 aliphatic carbocycles.